The second-order valence-electron chi connectivity index (χ2n) is 5.52. The molecule has 0 saturated carbocycles. The number of furan rings is 1. The third kappa shape index (κ3) is 4.55. The molecule has 0 atom stereocenters. The molecule has 1 aromatic carbocycles. The Balaban J connectivity index is 1.53. The summed E-state index contributed by atoms with van der Waals surface area (Å²) in [6.07, 6.45) is 7.80. The third-order valence-corrected chi connectivity index (χ3v) is 3.67. The summed E-state index contributed by atoms with van der Waals surface area (Å²) in [5.74, 6) is 1.19. The predicted octanol–water partition coefficient (Wildman–Crippen LogP) is 1.48. The van der Waals surface area contributed by atoms with Crippen molar-refractivity contribution >= 4 is 18.0 Å². The molecule has 0 amide bonds. The van der Waals surface area contributed by atoms with Crippen molar-refractivity contribution < 1.29 is 18.9 Å². The molecular weight excluding hydrogens is 306 g/mol. The van der Waals surface area contributed by atoms with Crippen molar-refractivity contribution in [3.05, 3.63) is 54.0 Å². The number of hydrogen-bond donors (Lipinski definition) is 2. The van der Waals surface area contributed by atoms with Gasteiger partial charge in [0.2, 0.25) is 5.76 Å². The zero-order valence-corrected chi connectivity index (χ0v) is 13.3. The number of carbonyl (C=O) groups is 1. The molecule has 1 aliphatic heterocycles. The van der Waals surface area contributed by atoms with Crippen molar-refractivity contribution in [2.24, 2.45) is 5.10 Å². The van der Waals surface area contributed by atoms with Crippen molar-refractivity contribution in [2.45, 2.75) is 25.7 Å². The molecule has 0 unspecified atom stereocenters. The Morgan fingerprint density at radius 1 is 1.21 bits per heavy atom. The Labute approximate surface area is 140 Å². The molecule has 1 aliphatic rings. The van der Waals surface area contributed by atoms with Gasteiger partial charge in [0, 0.05) is 0 Å². The maximum absolute atomic E-state index is 11.8. The van der Waals surface area contributed by atoms with Crippen LogP contribution in [0.25, 0.3) is 0 Å². The summed E-state index contributed by atoms with van der Waals surface area (Å²) >= 11 is 0. The van der Waals surface area contributed by atoms with Crippen molar-refractivity contribution in [3.8, 4) is 5.75 Å². The molecule has 6 heteroatoms. The van der Waals surface area contributed by atoms with Gasteiger partial charge in [0.25, 0.3) is 5.84 Å². The number of nitrogens with one attached hydrogen (secondary N) is 2. The van der Waals surface area contributed by atoms with Crippen LogP contribution in [0.2, 0.25) is 0 Å². The minimum Gasteiger partial charge on any atom is -0.457 e. The maximum atomic E-state index is 11.8. The molecule has 0 spiro atoms. The van der Waals surface area contributed by atoms with Crippen LogP contribution in [0.4, 0.5) is 0 Å². The van der Waals surface area contributed by atoms with Crippen LogP contribution in [0.5, 0.6) is 5.75 Å². The number of esters is 1. The molecule has 2 heterocycles. The number of rotatable bonds is 4. The lowest BCUT2D eigenvalue weighted by Crippen LogP contribution is -2.75. The van der Waals surface area contributed by atoms with E-state index in [4.69, 9.17) is 9.15 Å². The van der Waals surface area contributed by atoms with Gasteiger partial charge >= 0.3 is 5.97 Å². The number of amidine groups is 1. The smallest absolute Gasteiger partial charge is 0.379 e. The van der Waals surface area contributed by atoms with Crippen LogP contribution in [0.15, 0.2) is 52.2 Å². The molecule has 6 nitrogen and oxygen atoms in total. The molecule has 2 N–H and O–H groups in total. The van der Waals surface area contributed by atoms with Gasteiger partial charge in [-0.25, -0.2) is 4.79 Å². The topological polar surface area (TPSA) is 77.8 Å². The van der Waals surface area contributed by atoms with E-state index in [1.54, 1.807) is 30.5 Å². The molecule has 0 bridgehead atoms. The monoisotopic (exact) mass is 326 g/mol. The lowest BCUT2D eigenvalue weighted by molar-refractivity contribution is -0.459. The average molecular weight is 326 g/mol. The van der Waals surface area contributed by atoms with Crippen LogP contribution >= 0.6 is 0 Å². The fourth-order valence-electron chi connectivity index (χ4n) is 2.39. The van der Waals surface area contributed by atoms with E-state index in [1.807, 2.05) is 12.1 Å². The van der Waals surface area contributed by atoms with Crippen molar-refractivity contribution in [1.29, 1.82) is 0 Å². The van der Waals surface area contributed by atoms with Crippen molar-refractivity contribution in [2.75, 3.05) is 6.54 Å². The number of hydrazone groups is 1. The van der Waals surface area contributed by atoms with Gasteiger partial charge in [0.05, 0.1) is 25.4 Å². The van der Waals surface area contributed by atoms with Crippen molar-refractivity contribution in [3.63, 3.8) is 0 Å². The molecule has 0 radical (unpaired) electrons. The normalized spacial score (nSPS) is 14.9. The maximum Gasteiger partial charge on any atom is 0.379 e. The van der Waals surface area contributed by atoms with Crippen LogP contribution in [-0.4, -0.2) is 24.6 Å². The number of ether oxygens (including phenoxy) is 1. The highest BCUT2D eigenvalue weighted by Crippen LogP contribution is 2.13. The van der Waals surface area contributed by atoms with Gasteiger partial charge < -0.3 is 9.15 Å². The summed E-state index contributed by atoms with van der Waals surface area (Å²) in [6.45, 7) is 0.994. The number of nitrogens with zero attached hydrogens (tertiary/aromatic N) is 1. The van der Waals surface area contributed by atoms with Gasteiger partial charge in [-0.3, -0.25) is 4.99 Å². The van der Waals surface area contributed by atoms with Crippen LogP contribution in [0.3, 0.4) is 0 Å². The predicted molar refractivity (Wildman–Crippen MR) is 90.1 cm³/mol. The highest BCUT2D eigenvalue weighted by Gasteiger charge is 2.11. The van der Waals surface area contributed by atoms with Gasteiger partial charge in [-0.15, -0.1) is 0 Å². The molecular formula is C18H20N3O3+. The van der Waals surface area contributed by atoms with E-state index in [0.717, 1.165) is 24.4 Å². The van der Waals surface area contributed by atoms with Gasteiger partial charge in [0.15, 0.2) is 0 Å². The Bertz CT molecular complexity index is 718. The largest absolute Gasteiger partial charge is 0.457 e. The lowest BCUT2D eigenvalue weighted by atomic mass is 10.2. The van der Waals surface area contributed by atoms with E-state index in [9.17, 15) is 4.79 Å². The fraction of sp³-hybridized carbons (Fsp3) is 0.278. The first kappa shape index (κ1) is 16.0. The SMILES string of the molecule is O=C(Oc1ccc(C=NNC2=[NH+]CCCCC2)cc1)c1ccco1. The summed E-state index contributed by atoms with van der Waals surface area (Å²) in [5, 5.41) is 4.24. The molecule has 1 aromatic heterocycles. The van der Waals surface area contributed by atoms with Crippen LogP contribution in [0, 0.1) is 0 Å². The summed E-state index contributed by atoms with van der Waals surface area (Å²) in [4.78, 5) is 15.1. The van der Waals surface area contributed by atoms with Crippen LogP contribution in [0.1, 0.15) is 41.8 Å². The highest BCUT2D eigenvalue weighted by molar-refractivity contribution is 5.88. The first-order valence-electron chi connectivity index (χ1n) is 8.06. The average Bonchev–Trinajstić information content (AvgIpc) is 3.02. The van der Waals surface area contributed by atoms with E-state index in [0.29, 0.717) is 5.75 Å². The molecule has 3 rings (SSSR count). The Hall–Kier alpha value is -2.89. The van der Waals surface area contributed by atoms with Gasteiger partial charge in [-0.05, 0) is 61.2 Å². The Morgan fingerprint density at radius 2 is 2.08 bits per heavy atom. The zero-order valence-electron chi connectivity index (χ0n) is 13.3. The third-order valence-electron chi connectivity index (χ3n) is 3.67. The minimum absolute atomic E-state index is 0.178. The minimum atomic E-state index is -0.515. The van der Waals surface area contributed by atoms with E-state index >= 15 is 0 Å². The van der Waals surface area contributed by atoms with Crippen LogP contribution in [-0.2, 0) is 0 Å². The number of hydrogen-bond acceptors (Lipinski definition) is 5. The van der Waals surface area contributed by atoms with Crippen LogP contribution < -0.4 is 15.2 Å². The quantitative estimate of drug-likeness (QED) is 0.386. The Morgan fingerprint density at radius 3 is 2.88 bits per heavy atom. The Kier molecular flexibility index (Phi) is 5.40. The molecule has 0 aliphatic carbocycles. The summed E-state index contributed by atoms with van der Waals surface area (Å²) in [7, 11) is 0. The standard InChI is InChI=1S/C18H19N3O3/c22-18(16-5-4-12-23-16)24-15-9-7-14(8-10-15)13-20-21-17-6-2-1-3-11-19-17/h4-5,7-10,12-13H,1-3,6,11H2,(H,19,21)/p+1. The first-order chi connectivity index (χ1) is 11.8. The second-order valence-corrected chi connectivity index (χ2v) is 5.52. The second kappa shape index (κ2) is 8.10. The summed E-state index contributed by atoms with van der Waals surface area (Å²) in [6, 6.07) is 10.3. The molecule has 24 heavy (non-hydrogen) atoms. The molecule has 124 valence electrons. The van der Waals surface area contributed by atoms with Gasteiger partial charge in [-0.1, -0.05) is 5.10 Å². The van der Waals surface area contributed by atoms with Gasteiger partial charge in [0.1, 0.15) is 5.75 Å². The van der Waals surface area contributed by atoms with E-state index in [-0.39, 0.29) is 5.76 Å². The number of carbonyl (C=O) groups excluding carboxylic acids is 1. The molecule has 0 saturated heterocycles. The molecule has 0 fully saturated rings. The summed E-state index contributed by atoms with van der Waals surface area (Å²) in [5.41, 5.74) is 3.96. The van der Waals surface area contributed by atoms with E-state index in [1.165, 1.54) is 25.5 Å². The fourth-order valence-corrected chi connectivity index (χ4v) is 2.39. The lowest BCUT2D eigenvalue weighted by Gasteiger charge is -2.02. The zero-order chi connectivity index (χ0) is 16.6. The highest BCUT2D eigenvalue weighted by atomic mass is 16.5. The van der Waals surface area contributed by atoms with Crippen molar-refractivity contribution in [1.82, 2.24) is 5.43 Å². The summed E-state index contributed by atoms with van der Waals surface area (Å²) < 4.78 is 10.2. The van der Waals surface area contributed by atoms with E-state index < -0.39 is 5.97 Å². The molecule has 2 aromatic rings. The number of benzene rings is 1. The van der Waals surface area contributed by atoms with Gasteiger partial charge in [-0.2, -0.15) is 5.43 Å². The first-order valence-corrected chi connectivity index (χ1v) is 8.06. The van der Waals surface area contributed by atoms with E-state index in [2.05, 4.69) is 15.5 Å².